The van der Waals surface area contributed by atoms with Gasteiger partial charge >= 0.3 is 6.03 Å². The van der Waals surface area contributed by atoms with Gasteiger partial charge in [-0.1, -0.05) is 110 Å². The van der Waals surface area contributed by atoms with E-state index in [-0.39, 0.29) is 6.03 Å². The number of hydrogen-bond acceptors (Lipinski definition) is 2. The maximum Gasteiger partial charge on any atom is 0.314 e. The highest BCUT2D eigenvalue weighted by molar-refractivity contribution is 5.73. The minimum absolute atomic E-state index is 0.00995. The highest BCUT2D eigenvalue weighted by Crippen LogP contribution is 2.15. The van der Waals surface area contributed by atoms with Crippen molar-refractivity contribution in [2.75, 3.05) is 32.7 Å². The molecule has 2 N–H and O–H groups in total. The van der Waals surface area contributed by atoms with Crippen molar-refractivity contribution >= 4 is 6.03 Å². The van der Waals surface area contributed by atoms with Crippen LogP contribution in [0.15, 0.2) is 0 Å². The van der Waals surface area contributed by atoms with Gasteiger partial charge in [-0.2, -0.15) is 0 Å². The van der Waals surface area contributed by atoms with Crippen LogP contribution in [-0.4, -0.2) is 43.7 Å². The number of urea groups is 1. The first-order valence-electron chi connectivity index (χ1n) is 14.0. The predicted molar refractivity (Wildman–Crippen MR) is 136 cm³/mol. The van der Waals surface area contributed by atoms with Crippen LogP contribution in [0.25, 0.3) is 0 Å². The Morgan fingerprint density at radius 3 is 1.61 bits per heavy atom. The molecule has 1 aliphatic heterocycles. The summed E-state index contributed by atoms with van der Waals surface area (Å²) < 4.78 is 0. The molecule has 0 radical (unpaired) electrons. The van der Waals surface area contributed by atoms with Gasteiger partial charge in [0.1, 0.15) is 0 Å². The molecule has 184 valence electrons. The van der Waals surface area contributed by atoms with Crippen LogP contribution < -0.4 is 10.6 Å². The van der Waals surface area contributed by atoms with Crippen LogP contribution in [0.5, 0.6) is 0 Å². The highest BCUT2D eigenvalue weighted by Gasteiger charge is 2.17. The van der Waals surface area contributed by atoms with Crippen molar-refractivity contribution in [2.24, 2.45) is 5.92 Å². The molecule has 1 atom stereocenters. The highest BCUT2D eigenvalue weighted by atomic mass is 16.2. The number of hydrogen-bond donors (Lipinski definition) is 2. The van der Waals surface area contributed by atoms with Crippen molar-refractivity contribution in [1.82, 2.24) is 15.5 Å². The Hall–Kier alpha value is -0.770. The molecule has 1 heterocycles. The van der Waals surface area contributed by atoms with E-state index in [1.54, 1.807) is 0 Å². The molecule has 0 aromatic rings. The van der Waals surface area contributed by atoms with E-state index in [1.807, 2.05) is 0 Å². The van der Waals surface area contributed by atoms with Crippen molar-refractivity contribution in [1.29, 1.82) is 0 Å². The summed E-state index contributed by atoms with van der Waals surface area (Å²) in [5, 5.41) is 6.00. The Morgan fingerprint density at radius 1 is 0.710 bits per heavy atom. The summed E-state index contributed by atoms with van der Waals surface area (Å²) >= 11 is 0. The minimum atomic E-state index is 0.00995. The van der Waals surface area contributed by atoms with E-state index >= 15 is 0 Å². The monoisotopic (exact) mass is 437 g/mol. The van der Waals surface area contributed by atoms with Crippen LogP contribution >= 0.6 is 0 Å². The average Bonchev–Trinajstić information content (AvgIpc) is 3.18. The molecule has 1 rings (SSSR count). The van der Waals surface area contributed by atoms with Gasteiger partial charge in [0.05, 0.1) is 0 Å². The molecule has 0 saturated carbocycles. The molecule has 2 amide bonds. The van der Waals surface area contributed by atoms with E-state index in [4.69, 9.17) is 0 Å². The number of carbonyl (C=O) groups is 1. The fourth-order valence-electron chi connectivity index (χ4n) is 4.67. The second-order valence-corrected chi connectivity index (χ2v) is 10.0. The van der Waals surface area contributed by atoms with Crippen molar-refractivity contribution in [3.8, 4) is 0 Å². The largest absolute Gasteiger partial charge is 0.338 e. The van der Waals surface area contributed by atoms with E-state index < -0.39 is 0 Å². The van der Waals surface area contributed by atoms with Crippen LogP contribution in [0, 0.1) is 5.92 Å². The zero-order valence-electron chi connectivity index (χ0n) is 21.2. The Kier molecular flexibility index (Phi) is 19.2. The zero-order chi connectivity index (χ0) is 22.4. The Morgan fingerprint density at radius 2 is 1.16 bits per heavy atom. The van der Waals surface area contributed by atoms with Gasteiger partial charge in [-0.15, -0.1) is 0 Å². The van der Waals surface area contributed by atoms with E-state index in [1.165, 1.54) is 116 Å². The molecule has 0 spiro atoms. The molecule has 31 heavy (non-hydrogen) atoms. The number of nitrogens with one attached hydrogen (secondary N) is 2. The van der Waals surface area contributed by atoms with Gasteiger partial charge in [0.25, 0.3) is 0 Å². The molecule has 1 aliphatic rings. The molecule has 0 bridgehead atoms. The van der Waals surface area contributed by atoms with Crippen molar-refractivity contribution < 1.29 is 4.79 Å². The molecule has 1 saturated heterocycles. The summed E-state index contributed by atoms with van der Waals surface area (Å²) in [6.45, 7) is 9.78. The van der Waals surface area contributed by atoms with E-state index in [9.17, 15) is 4.79 Å². The van der Waals surface area contributed by atoms with Gasteiger partial charge < -0.3 is 15.5 Å². The fraction of sp³-hybridized carbons (Fsp3) is 0.963. The Labute approximate surface area is 194 Å². The third-order valence-corrected chi connectivity index (χ3v) is 6.76. The average molecular weight is 438 g/mol. The molecule has 4 heteroatoms. The lowest BCUT2D eigenvalue weighted by Crippen LogP contribution is -2.37. The first-order valence-corrected chi connectivity index (χ1v) is 14.0. The maximum absolute atomic E-state index is 11.8. The van der Waals surface area contributed by atoms with E-state index in [0.29, 0.717) is 0 Å². The van der Waals surface area contributed by atoms with Crippen molar-refractivity contribution in [2.45, 2.75) is 129 Å². The smallest absolute Gasteiger partial charge is 0.314 e. The summed E-state index contributed by atoms with van der Waals surface area (Å²) in [5.74, 6) is 0.843. The third-order valence-electron chi connectivity index (χ3n) is 6.76. The number of unbranched alkanes of at least 4 members (excludes halogenated alkanes) is 15. The van der Waals surface area contributed by atoms with E-state index in [0.717, 1.165) is 38.4 Å². The topological polar surface area (TPSA) is 44.4 Å². The second-order valence-electron chi connectivity index (χ2n) is 10.0. The molecule has 1 unspecified atom stereocenters. The van der Waals surface area contributed by atoms with Gasteiger partial charge in [0.2, 0.25) is 0 Å². The molecular formula is C27H55N3O. The lowest BCUT2D eigenvalue weighted by molar-refractivity contribution is 0.239. The van der Waals surface area contributed by atoms with Crippen LogP contribution in [-0.2, 0) is 0 Å². The molecule has 0 aromatic heterocycles. The van der Waals surface area contributed by atoms with Gasteiger partial charge in [0, 0.05) is 19.6 Å². The van der Waals surface area contributed by atoms with E-state index in [2.05, 4.69) is 29.4 Å². The second kappa shape index (κ2) is 21.1. The molecular weight excluding hydrogens is 382 g/mol. The predicted octanol–water partition coefficient (Wildman–Crippen LogP) is 7.28. The van der Waals surface area contributed by atoms with Crippen LogP contribution in [0.1, 0.15) is 129 Å². The minimum Gasteiger partial charge on any atom is -0.338 e. The number of rotatable bonds is 21. The molecule has 1 fully saturated rings. The quantitative estimate of drug-likeness (QED) is 0.185. The number of carbonyl (C=O) groups excluding carboxylic acids is 1. The van der Waals surface area contributed by atoms with Crippen LogP contribution in [0.2, 0.25) is 0 Å². The van der Waals surface area contributed by atoms with Gasteiger partial charge in [-0.05, 0) is 38.3 Å². The lowest BCUT2D eigenvalue weighted by Gasteiger charge is -2.15. The number of nitrogens with zero attached hydrogens (tertiary/aromatic N) is 1. The fourth-order valence-corrected chi connectivity index (χ4v) is 4.67. The van der Waals surface area contributed by atoms with Gasteiger partial charge in [-0.3, -0.25) is 0 Å². The Balaban J connectivity index is 1.70. The summed E-state index contributed by atoms with van der Waals surface area (Å²) in [5.41, 5.74) is 0. The Bertz CT molecular complexity index is 402. The summed E-state index contributed by atoms with van der Waals surface area (Å²) in [6.07, 6.45) is 24.5. The summed E-state index contributed by atoms with van der Waals surface area (Å²) in [6, 6.07) is 0.00995. The SMILES string of the molecule is CCCCCCCCCCCCCCCCCCNC(=O)NCCCN1CCC(C)C1. The molecule has 4 nitrogen and oxygen atoms in total. The van der Waals surface area contributed by atoms with Crippen LogP contribution in [0.4, 0.5) is 4.79 Å². The first kappa shape index (κ1) is 28.3. The first-order chi connectivity index (χ1) is 15.2. The van der Waals surface area contributed by atoms with Gasteiger partial charge in [-0.25, -0.2) is 4.79 Å². The standard InChI is InChI=1S/C27H55N3O/c1-3-4-5-6-7-8-9-10-11-12-13-14-15-16-17-18-21-28-27(31)29-22-19-23-30-24-20-26(2)25-30/h26H,3-25H2,1-2H3,(H2,28,29,31). The molecule has 0 aliphatic carbocycles. The normalized spacial score (nSPS) is 16.6. The third kappa shape index (κ3) is 18.5. The number of likely N-dealkylation sites (tertiary alicyclic amines) is 1. The maximum atomic E-state index is 11.8. The van der Waals surface area contributed by atoms with Crippen molar-refractivity contribution in [3.63, 3.8) is 0 Å². The summed E-state index contributed by atoms with van der Waals surface area (Å²) in [4.78, 5) is 14.3. The van der Waals surface area contributed by atoms with Gasteiger partial charge in [0.15, 0.2) is 0 Å². The van der Waals surface area contributed by atoms with Crippen LogP contribution in [0.3, 0.4) is 0 Å². The number of amides is 2. The summed E-state index contributed by atoms with van der Waals surface area (Å²) in [7, 11) is 0. The van der Waals surface area contributed by atoms with Crippen molar-refractivity contribution in [3.05, 3.63) is 0 Å². The lowest BCUT2D eigenvalue weighted by atomic mass is 10.0. The zero-order valence-corrected chi connectivity index (χ0v) is 21.2. The molecule has 0 aromatic carbocycles.